The van der Waals surface area contributed by atoms with Crippen molar-refractivity contribution in [2.24, 2.45) is 14.1 Å². The minimum absolute atomic E-state index is 0.0237. The second-order valence-corrected chi connectivity index (χ2v) is 10.3. The van der Waals surface area contributed by atoms with Crippen molar-refractivity contribution in [1.29, 1.82) is 5.26 Å². The Morgan fingerprint density at radius 3 is 2.53 bits per heavy atom. The number of allylic oxidation sites excluding steroid dienone is 1. The summed E-state index contributed by atoms with van der Waals surface area (Å²) >= 11 is 0. The van der Waals surface area contributed by atoms with E-state index in [1.807, 2.05) is 25.1 Å². The van der Waals surface area contributed by atoms with E-state index in [0.29, 0.717) is 28.0 Å². The van der Waals surface area contributed by atoms with Gasteiger partial charge in [-0.05, 0) is 66.6 Å². The molecule has 5 aromatic rings. The van der Waals surface area contributed by atoms with Crippen LogP contribution in [0.2, 0.25) is 0 Å². The Labute approximate surface area is 218 Å². The molecule has 0 saturated carbocycles. The molecule has 2 aromatic heterocycles. The number of aryl methyl sites for hydroxylation is 3. The van der Waals surface area contributed by atoms with Gasteiger partial charge < -0.3 is 13.9 Å². The van der Waals surface area contributed by atoms with Crippen molar-refractivity contribution in [2.45, 2.75) is 11.8 Å². The molecular formula is C27H23N5O5S. The first-order chi connectivity index (χ1) is 18.1. The van der Waals surface area contributed by atoms with E-state index < -0.39 is 10.1 Å². The van der Waals surface area contributed by atoms with Crippen LogP contribution >= 0.6 is 0 Å². The number of rotatable bonds is 6. The molecule has 38 heavy (non-hydrogen) atoms. The summed E-state index contributed by atoms with van der Waals surface area (Å²) in [5.41, 5.74) is 4.30. The SMILES string of the molecule is COc1cc(/C=C(\C#N)c2nc3ccc(C)cc3[nH]2)ccc1OS(=O)(=O)c1ccc2c(c1)n(C)c(=O)n2C. The first-order valence-electron chi connectivity index (χ1n) is 11.5. The zero-order valence-electron chi connectivity index (χ0n) is 21.0. The molecule has 0 fully saturated rings. The van der Waals surface area contributed by atoms with Gasteiger partial charge in [0.15, 0.2) is 11.5 Å². The minimum Gasteiger partial charge on any atom is -0.493 e. The Balaban J connectivity index is 1.47. The number of imidazole rings is 2. The molecule has 192 valence electrons. The summed E-state index contributed by atoms with van der Waals surface area (Å²) in [4.78, 5) is 19.7. The van der Waals surface area contributed by atoms with E-state index in [1.54, 1.807) is 38.4 Å². The number of hydrogen-bond acceptors (Lipinski definition) is 7. The van der Waals surface area contributed by atoms with Gasteiger partial charge in [0.05, 0.1) is 34.7 Å². The number of benzene rings is 3. The maximum Gasteiger partial charge on any atom is 0.339 e. The van der Waals surface area contributed by atoms with Gasteiger partial charge in [-0.2, -0.15) is 13.7 Å². The molecule has 11 heteroatoms. The summed E-state index contributed by atoms with van der Waals surface area (Å²) in [7, 11) is 0.325. The maximum absolute atomic E-state index is 13.1. The molecule has 0 atom stereocenters. The fourth-order valence-electron chi connectivity index (χ4n) is 4.22. The van der Waals surface area contributed by atoms with Gasteiger partial charge in [0.2, 0.25) is 0 Å². The standard InChI is InChI=1S/C27H23N5O5S/c1-16-5-8-20-21(11-16)30-26(29-20)18(15-28)12-17-6-10-24(25(13-17)36-4)37-38(34,35)19-7-9-22-23(14-19)32(3)27(33)31(22)2/h5-14H,1-4H3,(H,29,30)/b18-12+. The second kappa shape index (κ2) is 9.24. The van der Waals surface area contributed by atoms with E-state index in [4.69, 9.17) is 8.92 Å². The van der Waals surface area contributed by atoms with Gasteiger partial charge in [-0.15, -0.1) is 0 Å². The molecule has 0 spiro atoms. The number of methoxy groups -OCH3 is 1. The number of aromatic nitrogens is 4. The monoisotopic (exact) mass is 529 g/mol. The van der Waals surface area contributed by atoms with E-state index in [1.165, 1.54) is 34.4 Å². The number of aromatic amines is 1. The average Bonchev–Trinajstić information content (AvgIpc) is 3.41. The smallest absolute Gasteiger partial charge is 0.339 e. The van der Waals surface area contributed by atoms with Crippen LogP contribution in [0.25, 0.3) is 33.7 Å². The van der Waals surface area contributed by atoms with Crippen molar-refractivity contribution in [3.8, 4) is 17.6 Å². The summed E-state index contributed by atoms with van der Waals surface area (Å²) in [5.74, 6) is 0.554. The highest BCUT2D eigenvalue weighted by atomic mass is 32.2. The Morgan fingerprint density at radius 2 is 1.79 bits per heavy atom. The van der Waals surface area contributed by atoms with E-state index in [9.17, 15) is 18.5 Å². The van der Waals surface area contributed by atoms with Gasteiger partial charge in [0, 0.05) is 14.1 Å². The lowest BCUT2D eigenvalue weighted by Crippen LogP contribution is -2.19. The highest BCUT2D eigenvalue weighted by Gasteiger charge is 2.21. The molecule has 0 aliphatic heterocycles. The summed E-state index contributed by atoms with van der Waals surface area (Å²) in [6, 6.07) is 16.9. The Bertz CT molecular complexity index is 1970. The second-order valence-electron chi connectivity index (χ2n) is 8.77. The molecule has 0 aliphatic rings. The van der Waals surface area contributed by atoms with Crippen LogP contribution in [-0.2, 0) is 24.2 Å². The van der Waals surface area contributed by atoms with Crippen molar-refractivity contribution < 1.29 is 17.3 Å². The van der Waals surface area contributed by atoms with Crippen molar-refractivity contribution in [3.05, 3.63) is 82.0 Å². The minimum atomic E-state index is -4.25. The number of H-pyrrole nitrogens is 1. The van der Waals surface area contributed by atoms with Crippen molar-refractivity contribution in [2.75, 3.05) is 7.11 Å². The average molecular weight is 530 g/mol. The van der Waals surface area contributed by atoms with Crippen molar-refractivity contribution in [1.82, 2.24) is 19.1 Å². The van der Waals surface area contributed by atoms with Crippen LogP contribution < -0.4 is 14.6 Å². The van der Waals surface area contributed by atoms with E-state index in [-0.39, 0.29) is 22.1 Å². The van der Waals surface area contributed by atoms with E-state index >= 15 is 0 Å². The molecule has 1 N–H and O–H groups in total. The number of fused-ring (bicyclic) bond motifs is 2. The van der Waals surface area contributed by atoms with Crippen LogP contribution in [0.5, 0.6) is 11.5 Å². The quantitative estimate of drug-likeness (QED) is 0.261. The Kier molecular flexibility index (Phi) is 6.05. The fraction of sp³-hybridized carbons (Fsp3) is 0.148. The third-order valence-corrected chi connectivity index (χ3v) is 7.47. The predicted molar refractivity (Wildman–Crippen MR) is 143 cm³/mol. The van der Waals surface area contributed by atoms with Gasteiger partial charge in [-0.3, -0.25) is 9.13 Å². The molecule has 3 aromatic carbocycles. The number of ether oxygens (including phenoxy) is 1. The van der Waals surface area contributed by atoms with E-state index in [2.05, 4.69) is 16.0 Å². The van der Waals surface area contributed by atoms with Crippen LogP contribution in [0.1, 0.15) is 17.0 Å². The molecule has 10 nitrogen and oxygen atoms in total. The topological polar surface area (TPSA) is 132 Å². The van der Waals surface area contributed by atoms with Crippen LogP contribution in [0.4, 0.5) is 0 Å². The van der Waals surface area contributed by atoms with Crippen LogP contribution in [0.3, 0.4) is 0 Å². The molecule has 0 saturated heterocycles. The Hall–Kier alpha value is -4.82. The lowest BCUT2D eigenvalue weighted by molar-refractivity contribution is 0.390. The molecule has 0 bridgehead atoms. The summed E-state index contributed by atoms with van der Waals surface area (Å²) in [5, 5.41) is 9.76. The lowest BCUT2D eigenvalue weighted by atomic mass is 10.1. The molecule has 0 unspecified atom stereocenters. The number of nitriles is 1. The lowest BCUT2D eigenvalue weighted by Gasteiger charge is -2.12. The molecule has 0 aliphatic carbocycles. The van der Waals surface area contributed by atoms with Crippen LogP contribution in [0.15, 0.2) is 64.3 Å². The number of hydrogen-bond donors (Lipinski definition) is 1. The number of nitrogens with one attached hydrogen (secondary N) is 1. The van der Waals surface area contributed by atoms with Crippen LogP contribution in [-0.4, -0.2) is 34.6 Å². The molecular weight excluding hydrogens is 506 g/mol. The van der Waals surface area contributed by atoms with Gasteiger partial charge in [-0.25, -0.2) is 9.78 Å². The normalized spacial score (nSPS) is 12.1. The van der Waals surface area contributed by atoms with Crippen molar-refractivity contribution >= 4 is 43.8 Å². The third-order valence-electron chi connectivity index (χ3n) is 6.24. The maximum atomic E-state index is 13.1. The summed E-state index contributed by atoms with van der Waals surface area (Å²) in [6.45, 7) is 1.97. The predicted octanol–water partition coefficient (Wildman–Crippen LogP) is 3.90. The Morgan fingerprint density at radius 1 is 1.03 bits per heavy atom. The highest BCUT2D eigenvalue weighted by molar-refractivity contribution is 7.87. The molecule has 0 radical (unpaired) electrons. The van der Waals surface area contributed by atoms with Crippen LogP contribution in [0, 0.1) is 18.3 Å². The van der Waals surface area contributed by atoms with Gasteiger partial charge in [-0.1, -0.05) is 12.1 Å². The highest BCUT2D eigenvalue weighted by Crippen LogP contribution is 2.32. The molecule has 5 rings (SSSR count). The number of nitrogens with zero attached hydrogens (tertiary/aromatic N) is 4. The fourth-order valence-corrected chi connectivity index (χ4v) is 5.18. The summed E-state index contributed by atoms with van der Waals surface area (Å²) < 4.78 is 39.8. The zero-order valence-corrected chi connectivity index (χ0v) is 21.8. The van der Waals surface area contributed by atoms with E-state index in [0.717, 1.165) is 16.6 Å². The summed E-state index contributed by atoms with van der Waals surface area (Å²) in [6.07, 6.45) is 1.62. The largest absolute Gasteiger partial charge is 0.493 e. The van der Waals surface area contributed by atoms with Gasteiger partial charge in [0.25, 0.3) is 0 Å². The van der Waals surface area contributed by atoms with Gasteiger partial charge >= 0.3 is 15.8 Å². The first kappa shape index (κ1) is 24.9. The molecule has 2 heterocycles. The zero-order chi connectivity index (χ0) is 27.2. The molecule has 0 amide bonds. The van der Waals surface area contributed by atoms with Crippen molar-refractivity contribution in [3.63, 3.8) is 0 Å². The third kappa shape index (κ3) is 4.31. The van der Waals surface area contributed by atoms with Gasteiger partial charge in [0.1, 0.15) is 16.8 Å². The first-order valence-corrected chi connectivity index (χ1v) is 12.9.